The fourth-order valence-corrected chi connectivity index (χ4v) is 2.54. The summed E-state index contributed by atoms with van der Waals surface area (Å²) in [6.07, 6.45) is 0. The number of rotatable bonds is 8. The topological polar surface area (TPSA) is 61.5 Å². The van der Waals surface area contributed by atoms with Gasteiger partial charge < -0.3 is 15.2 Å². The summed E-state index contributed by atoms with van der Waals surface area (Å²) in [4.78, 5) is 11.3. The van der Waals surface area contributed by atoms with Crippen LogP contribution in [-0.4, -0.2) is 24.9 Å². The number of hydrogen-bond donors (Lipinski definition) is 1. The van der Waals surface area contributed by atoms with Crippen molar-refractivity contribution in [3.8, 4) is 5.75 Å². The molecule has 0 fully saturated rings. The Bertz CT molecular complexity index is 435. The van der Waals surface area contributed by atoms with Gasteiger partial charge in [-0.1, -0.05) is 6.07 Å². The van der Waals surface area contributed by atoms with Gasteiger partial charge >= 0.3 is 5.97 Å². The number of benzene rings is 1. The van der Waals surface area contributed by atoms with Gasteiger partial charge in [0.05, 0.1) is 19.0 Å². The summed E-state index contributed by atoms with van der Waals surface area (Å²) in [5.74, 6) is 1.73. The number of carbonyl (C=O) groups excluding carboxylic acids is 1. The molecule has 5 heteroatoms. The molecule has 0 radical (unpaired) electrons. The summed E-state index contributed by atoms with van der Waals surface area (Å²) in [6, 6.07) is 5.96. The largest absolute Gasteiger partial charge is 0.494 e. The molecule has 1 atom stereocenters. The van der Waals surface area contributed by atoms with E-state index in [0.717, 1.165) is 16.9 Å². The Labute approximate surface area is 125 Å². The van der Waals surface area contributed by atoms with Crippen LogP contribution in [0.15, 0.2) is 18.2 Å². The Morgan fingerprint density at radius 3 is 2.70 bits per heavy atom. The molecule has 0 saturated carbocycles. The van der Waals surface area contributed by atoms with Gasteiger partial charge in [-0.25, -0.2) is 0 Å². The maximum atomic E-state index is 11.3. The molecule has 4 nitrogen and oxygen atoms in total. The van der Waals surface area contributed by atoms with E-state index < -0.39 is 0 Å². The maximum absolute atomic E-state index is 11.3. The molecule has 20 heavy (non-hydrogen) atoms. The van der Waals surface area contributed by atoms with Crippen LogP contribution in [-0.2, 0) is 15.3 Å². The Hall–Kier alpha value is -1.20. The molecule has 0 aliphatic heterocycles. The molecule has 0 heterocycles. The predicted octanol–water partition coefficient (Wildman–Crippen LogP) is 2.90. The third-order valence-corrected chi connectivity index (χ3v) is 3.65. The highest BCUT2D eigenvalue weighted by atomic mass is 32.2. The molecule has 2 N–H and O–H groups in total. The van der Waals surface area contributed by atoms with Gasteiger partial charge in [0.15, 0.2) is 0 Å². The van der Waals surface area contributed by atoms with E-state index in [4.69, 9.17) is 15.2 Å². The van der Waals surface area contributed by atoms with Crippen LogP contribution in [0.4, 0.5) is 0 Å². The molecular formula is C15H23NO3S. The second-order valence-corrected chi connectivity index (χ2v) is 5.37. The van der Waals surface area contributed by atoms with Gasteiger partial charge in [-0.2, -0.15) is 0 Å². The van der Waals surface area contributed by atoms with E-state index in [9.17, 15) is 4.79 Å². The van der Waals surface area contributed by atoms with Crippen LogP contribution in [0.3, 0.4) is 0 Å². The lowest BCUT2D eigenvalue weighted by atomic mass is 10.1. The molecule has 0 amide bonds. The summed E-state index contributed by atoms with van der Waals surface area (Å²) in [7, 11) is 0. The first-order chi connectivity index (χ1) is 9.58. The molecule has 0 spiro atoms. The average Bonchev–Trinajstić information content (AvgIpc) is 2.40. The minimum atomic E-state index is -0.182. The molecule has 1 aromatic rings. The first-order valence-electron chi connectivity index (χ1n) is 6.83. The second-order valence-electron chi connectivity index (χ2n) is 4.39. The molecule has 0 aliphatic carbocycles. The highest BCUT2D eigenvalue weighted by Crippen LogP contribution is 2.26. The van der Waals surface area contributed by atoms with Crippen LogP contribution in [0, 0.1) is 0 Å². The van der Waals surface area contributed by atoms with E-state index in [0.29, 0.717) is 24.7 Å². The Morgan fingerprint density at radius 1 is 1.35 bits per heavy atom. The smallest absolute Gasteiger partial charge is 0.315 e. The zero-order valence-corrected chi connectivity index (χ0v) is 13.2. The van der Waals surface area contributed by atoms with Crippen LogP contribution in [0.2, 0.25) is 0 Å². The van der Waals surface area contributed by atoms with Gasteiger partial charge in [-0.05, 0) is 38.5 Å². The summed E-state index contributed by atoms with van der Waals surface area (Å²) in [5.41, 5.74) is 8.04. The molecule has 0 bridgehead atoms. The number of carbonyl (C=O) groups is 1. The van der Waals surface area contributed by atoms with Crippen molar-refractivity contribution in [3.63, 3.8) is 0 Å². The molecular weight excluding hydrogens is 274 g/mol. The number of ether oxygens (including phenoxy) is 2. The van der Waals surface area contributed by atoms with Gasteiger partial charge in [0.2, 0.25) is 0 Å². The fourth-order valence-electron chi connectivity index (χ4n) is 1.74. The first kappa shape index (κ1) is 16.9. The van der Waals surface area contributed by atoms with Crippen LogP contribution in [0.5, 0.6) is 5.75 Å². The van der Waals surface area contributed by atoms with Crippen LogP contribution >= 0.6 is 11.8 Å². The normalized spacial score (nSPS) is 12.0. The van der Waals surface area contributed by atoms with E-state index in [1.165, 1.54) is 11.8 Å². The van der Waals surface area contributed by atoms with E-state index >= 15 is 0 Å². The minimum Gasteiger partial charge on any atom is -0.494 e. The monoisotopic (exact) mass is 297 g/mol. The average molecular weight is 297 g/mol. The summed E-state index contributed by atoms with van der Waals surface area (Å²) < 4.78 is 10.5. The van der Waals surface area contributed by atoms with Crippen LogP contribution in [0.25, 0.3) is 0 Å². The molecule has 1 rings (SSSR count). The highest BCUT2D eigenvalue weighted by Gasteiger charge is 2.09. The summed E-state index contributed by atoms with van der Waals surface area (Å²) in [6.45, 7) is 6.75. The zero-order valence-electron chi connectivity index (χ0n) is 12.3. The SMILES string of the molecule is CCOC(=O)CSCc1cc(C(C)N)ccc1OCC. The van der Waals surface area contributed by atoms with E-state index in [-0.39, 0.29) is 12.0 Å². The first-order valence-corrected chi connectivity index (χ1v) is 7.98. The molecule has 0 aromatic heterocycles. The van der Waals surface area contributed by atoms with E-state index in [1.807, 2.05) is 39.0 Å². The maximum Gasteiger partial charge on any atom is 0.315 e. The number of thioether (sulfide) groups is 1. The lowest BCUT2D eigenvalue weighted by Gasteiger charge is -2.13. The van der Waals surface area contributed by atoms with Gasteiger partial charge in [0.1, 0.15) is 5.75 Å². The van der Waals surface area contributed by atoms with E-state index in [2.05, 4.69) is 0 Å². The molecule has 0 saturated heterocycles. The van der Waals surface area contributed by atoms with Gasteiger partial charge in [0.25, 0.3) is 0 Å². The molecule has 0 aliphatic rings. The van der Waals surface area contributed by atoms with Crippen molar-refractivity contribution in [2.45, 2.75) is 32.6 Å². The number of esters is 1. The third kappa shape index (κ3) is 5.43. The van der Waals surface area contributed by atoms with Gasteiger partial charge in [0, 0.05) is 17.4 Å². The standard InChI is InChI=1S/C15H23NO3S/c1-4-18-14-7-6-12(11(3)16)8-13(14)9-20-10-15(17)19-5-2/h6-8,11H,4-5,9-10,16H2,1-3H3. The van der Waals surface area contributed by atoms with Crippen molar-refractivity contribution in [2.24, 2.45) is 5.73 Å². The van der Waals surface area contributed by atoms with Crippen molar-refractivity contribution in [2.75, 3.05) is 19.0 Å². The number of hydrogen-bond acceptors (Lipinski definition) is 5. The third-order valence-electron chi connectivity index (χ3n) is 2.69. The van der Waals surface area contributed by atoms with E-state index in [1.54, 1.807) is 0 Å². The Morgan fingerprint density at radius 2 is 2.10 bits per heavy atom. The molecule has 112 valence electrons. The van der Waals surface area contributed by atoms with Crippen LogP contribution < -0.4 is 10.5 Å². The minimum absolute atomic E-state index is 0.0144. The van der Waals surface area contributed by atoms with Crippen molar-refractivity contribution in [1.29, 1.82) is 0 Å². The molecule has 1 unspecified atom stereocenters. The van der Waals surface area contributed by atoms with Crippen molar-refractivity contribution in [1.82, 2.24) is 0 Å². The lowest BCUT2D eigenvalue weighted by Crippen LogP contribution is -2.08. The van der Waals surface area contributed by atoms with Crippen molar-refractivity contribution in [3.05, 3.63) is 29.3 Å². The predicted molar refractivity (Wildman–Crippen MR) is 83.0 cm³/mol. The quantitative estimate of drug-likeness (QED) is 0.748. The van der Waals surface area contributed by atoms with Crippen LogP contribution in [0.1, 0.15) is 37.9 Å². The lowest BCUT2D eigenvalue weighted by molar-refractivity contribution is -0.139. The summed E-state index contributed by atoms with van der Waals surface area (Å²) in [5, 5.41) is 0. The Balaban J connectivity index is 2.69. The van der Waals surface area contributed by atoms with Gasteiger partial charge in [-0.15, -0.1) is 11.8 Å². The fraction of sp³-hybridized carbons (Fsp3) is 0.533. The summed E-state index contributed by atoms with van der Waals surface area (Å²) >= 11 is 1.52. The Kier molecular flexibility index (Phi) is 7.47. The zero-order chi connectivity index (χ0) is 15.0. The number of nitrogens with two attached hydrogens (primary N) is 1. The van der Waals surface area contributed by atoms with Crippen molar-refractivity contribution < 1.29 is 14.3 Å². The molecule has 1 aromatic carbocycles. The second kappa shape index (κ2) is 8.87. The highest BCUT2D eigenvalue weighted by molar-refractivity contribution is 7.99. The van der Waals surface area contributed by atoms with Gasteiger partial charge in [-0.3, -0.25) is 4.79 Å². The van der Waals surface area contributed by atoms with Crippen molar-refractivity contribution >= 4 is 17.7 Å².